The van der Waals surface area contributed by atoms with Gasteiger partial charge in [0.1, 0.15) is 0 Å². The molecular weight excluding hydrogens is 277 g/mol. The number of benzene rings is 2. The Morgan fingerprint density at radius 1 is 1.11 bits per heavy atom. The molecule has 2 rings (SSSR count). The quantitative estimate of drug-likeness (QED) is 0.742. The van der Waals surface area contributed by atoms with Crippen LogP contribution in [-0.4, -0.2) is 11.5 Å². The van der Waals surface area contributed by atoms with Crippen LogP contribution in [0.5, 0.6) is 0 Å². The van der Waals surface area contributed by atoms with Gasteiger partial charge >= 0.3 is 11.5 Å². The fourth-order valence-electron chi connectivity index (χ4n) is 1.88. The summed E-state index contributed by atoms with van der Waals surface area (Å²) in [4.78, 5) is 10.7. The van der Waals surface area contributed by atoms with Crippen LogP contribution in [0.2, 0.25) is 0 Å². The Hall–Kier alpha value is -1.82. The molecule has 0 bridgehead atoms. The first kappa shape index (κ1) is 13.6. The number of hydrogen-bond donors (Lipinski definition) is 0. The highest BCUT2D eigenvalue weighted by Crippen LogP contribution is 2.39. The van der Waals surface area contributed by atoms with Gasteiger partial charge in [0.2, 0.25) is 6.10 Å². The van der Waals surface area contributed by atoms with Crippen molar-refractivity contribution in [3.8, 4) is 0 Å². The van der Waals surface area contributed by atoms with Crippen LogP contribution in [0.4, 0.5) is 18.0 Å². The van der Waals surface area contributed by atoms with Crippen molar-refractivity contribution in [2.75, 3.05) is 0 Å². The zero-order chi connectivity index (χ0) is 14.0. The monoisotopic (exact) mass is 285 g/mol. The van der Waals surface area contributed by atoms with Crippen molar-refractivity contribution in [3.05, 3.63) is 48.0 Å². The predicted molar refractivity (Wildman–Crippen MR) is 66.8 cm³/mol. The molecule has 2 aromatic rings. The number of ether oxygens (including phenoxy) is 1. The van der Waals surface area contributed by atoms with Crippen LogP contribution in [0.25, 0.3) is 10.8 Å². The van der Waals surface area contributed by atoms with Gasteiger partial charge in [0.15, 0.2) is 0 Å². The van der Waals surface area contributed by atoms with Gasteiger partial charge in [0.25, 0.3) is 0 Å². The van der Waals surface area contributed by atoms with Gasteiger partial charge in [-0.2, -0.15) is 13.2 Å². The molecule has 19 heavy (non-hydrogen) atoms. The van der Waals surface area contributed by atoms with E-state index < -0.39 is 17.6 Å². The van der Waals surface area contributed by atoms with Crippen LogP contribution >= 0.6 is 12.6 Å². The van der Waals surface area contributed by atoms with Crippen molar-refractivity contribution < 1.29 is 22.7 Å². The molecule has 6 heteroatoms. The minimum absolute atomic E-state index is 0.121. The normalized spacial score (nSPS) is 13.2. The molecule has 2 nitrogen and oxygen atoms in total. The maximum atomic E-state index is 13.0. The van der Waals surface area contributed by atoms with Crippen molar-refractivity contribution in [1.29, 1.82) is 0 Å². The van der Waals surface area contributed by atoms with Crippen LogP contribution in [0.15, 0.2) is 42.5 Å². The van der Waals surface area contributed by atoms with Crippen molar-refractivity contribution >= 4 is 28.7 Å². The Morgan fingerprint density at radius 2 is 1.74 bits per heavy atom. The van der Waals surface area contributed by atoms with Gasteiger partial charge in [-0.15, -0.1) is 0 Å². The third-order valence-corrected chi connectivity index (χ3v) is 2.71. The van der Waals surface area contributed by atoms with Crippen LogP contribution in [0.1, 0.15) is 11.7 Å². The summed E-state index contributed by atoms with van der Waals surface area (Å²) in [6, 6.07) is 11.0. The lowest BCUT2D eigenvalue weighted by atomic mass is 10.00. The van der Waals surface area contributed by atoms with Gasteiger partial charge in [-0.05, 0) is 10.8 Å². The van der Waals surface area contributed by atoms with Crippen LogP contribution < -0.4 is 0 Å². The van der Waals surface area contributed by atoms with E-state index in [4.69, 9.17) is 0 Å². The van der Waals surface area contributed by atoms with Crippen molar-refractivity contribution in [3.63, 3.8) is 0 Å². The Morgan fingerprint density at radius 3 is 2.37 bits per heavy atom. The van der Waals surface area contributed by atoms with Gasteiger partial charge in [0, 0.05) is 18.2 Å². The molecule has 1 radical (unpaired) electrons. The average molecular weight is 285 g/mol. The predicted octanol–water partition coefficient (Wildman–Crippen LogP) is 4.78. The summed E-state index contributed by atoms with van der Waals surface area (Å²) >= 11 is 4.09. The van der Waals surface area contributed by atoms with Crippen molar-refractivity contribution in [1.82, 2.24) is 0 Å². The van der Waals surface area contributed by atoms with Crippen LogP contribution in [-0.2, 0) is 4.74 Å². The molecule has 2 aromatic carbocycles. The highest BCUT2D eigenvalue weighted by molar-refractivity contribution is 7.96. The first-order valence-electron chi connectivity index (χ1n) is 5.31. The van der Waals surface area contributed by atoms with Crippen molar-refractivity contribution in [2.45, 2.75) is 12.3 Å². The van der Waals surface area contributed by atoms with E-state index in [1.54, 1.807) is 30.3 Å². The highest BCUT2D eigenvalue weighted by atomic mass is 32.1. The Kier molecular flexibility index (Phi) is 3.61. The first-order chi connectivity index (χ1) is 8.89. The van der Waals surface area contributed by atoms with E-state index in [0.29, 0.717) is 10.8 Å². The molecule has 1 atom stereocenters. The highest BCUT2D eigenvalue weighted by Gasteiger charge is 2.44. The average Bonchev–Trinajstić information content (AvgIpc) is 2.34. The fourth-order valence-corrected chi connectivity index (χ4v) is 1.98. The number of fused-ring (bicyclic) bond motifs is 1. The molecule has 0 saturated heterocycles. The van der Waals surface area contributed by atoms with Crippen molar-refractivity contribution in [2.24, 2.45) is 0 Å². The number of halogens is 3. The molecule has 0 saturated carbocycles. The van der Waals surface area contributed by atoms with Gasteiger partial charge in [-0.3, -0.25) is 0 Å². The molecular formula is C13H8F3O2S. The SMILES string of the molecule is O=C([S])OC(c1cccc2ccccc12)C(F)(F)F. The van der Waals surface area contributed by atoms with Crippen LogP contribution in [0.3, 0.4) is 0 Å². The molecule has 0 aliphatic carbocycles. The van der Waals surface area contributed by atoms with E-state index in [9.17, 15) is 18.0 Å². The fraction of sp³-hybridized carbons (Fsp3) is 0.154. The lowest BCUT2D eigenvalue weighted by molar-refractivity contribution is -0.203. The summed E-state index contributed by atoms with van der Waals surface area (Å²) in [7, 11) is 0. The lowest BCUT2D eigenvalue weighted by Gasteiger charge is -2.21. The number of hydrogen-bond acceptors (Lipinski definition) is 2. The molecule has 0 N–H and O–H groups in total. The second-order valence-electron chi connectivity index (χ2n) is 3.86. The molecule has 0 aliphatic heterocycles. The zero-order valence-corrected chi connectivity index (χ0v) is 10.3. The third-order valence-electron chi connectivity index (χ3n) is 2.62. The number of carbonyl (C=O) groups is 1. The summed E-state index contributed by atoms with van der Waals surface area (Å²) in [5.41, 5.74) is -0.121. The second kappa shape index (κ2) is 5.05. The van der Waals surface area contributed by atoms with E-state index >= 15 is 0 Å². The van der Waals surface area contributed by atoms with Gasteiger partial charge in [0.05, 0.1) is 0 Å². The number of carbonyl (C=O) groups excluding carboxylic acids is 1. The van der Waals surface area contributed by atoms with Gasteiger partial charge in [-0.25, -0.2) is 4.79 Å². The van der Waals surface area contributed by atoms with Gasteiger partial charge < -0.3 is 4.74 Å². The van der Waals surface area contributed by atoms with E-state index in [1.807, 2.05) is 0 Å². The molecule has 0 amide bonds. The molecule has 1 unspecified atom stereocenters. The van der Waals surface area contributed by atoms with E-state index in [1.165, 1.54) is 12.1 Å². The second-order valence-corrected chi connectivity index (χ2v) is 4.19. The Bertz CT molecular complexity index is 605. The maximum Gasteiger partial charge on any atom is 0.429 e. The summed E-state index contributed by atoms with van der Waals surface area (Å²) < 4.78 is 43.2. The molecule has 0 aromatic heterocycles. The molecule has 0 fully saturated rings. The van der Waals surface area contributed by atoms with E-state index in [-0.39, 0.29) is 5.56 Å². The smallest absolute Gasteiger partial charge is 0.429 e. The Balaban J connectivity index is 2.59. The van der Waals surface area contributed by atoms with Gasteiger partial charge in [-0.1, -0.05) is 42.5 Å². The standard InChI is InChI=1S/C13H8F3O2S/c14-13(15,16)11(18-12(17)19)10-7-3-5-8-4-1-2-6-9(8)10/h1-7,11H. The molecule has 99 valence electrons. The first-order valence-corrected chi connectivity index (χ1v) is 5.72. The molecule has 0 spiro atoms. The summed E-state index contributed by atoms with van der Waals surface area (Å²) in [6.07, 6.45) is -7.05. The molecule has 0 aliphatic rings. The third kappa shape index (κ3) is 2.96. The molecule has 0 heterocycles. The summed E-state index contributed by atoms with van der Waals surface area (Å²) in [5.74, 6) is 0. The number of alkyl halides is 3. The maximum absolute atomic E-state index is 13.0. The number of rotatable bonds is 2. The zero-order valence-electron chi connectivity index (χ0n) is 9.48. The van der Waals surface area contributed by atoms with E-state index in [2.05, 4.69) is 17.4 Å². The lowest BCUT2D eigenvalue weighted by Crippen LogP contribution is -2.24. The minimum Gasteiger partial charge on any atom is -0.436 e. The van der Waals surface area contributed by atoms with E-state index in [0.717, 1.165) is 0 Å². The largest absolute Gasteiger partial charge is 0.436 e. The summed E-state index contributed by atoms with van der Waals surface area (Å²) in [5, 5.41) is -0.367. The summed E-state index contributed by atoms with van der Waals surface area (Å²) in [6.45, 7) is 0. The minimum atomic E-state index is -4.71. The topological polar surface area (TPSA) is 26.3 Å². The van der Waals surface area contributed by atoms with Crippen LogP contribution in [0, 0.1) is 0 Å². The Labute approximate surface area is 112 Å².